The van der Waals surface area contributed by atoms with Crippen LogP contribution in [0.3, 0.4) is 0 Å². The van der Waals surface area contributed by atoms with Gasteiger partial charge in [0, 0.05) is 5.02 Å². The van der Waals surface area contributed by atoms with Crippen LogP contribution in [0.4, 0.5) is 0 Å². The second-order valence-corrected chi connectivity index (χ2v) is 7.00. The van der Waals surface area contributed by atoms with Crippen LogP contribution in [-0.2, 0) is 4.79 Å². The summed E-state index contributed by atoms with van der Waals surface area (Å²) in [5, 5.41) is 4.46. The van der Waals surface area contributed by atoms with Gasteiger partial charge in [0.25, 0.3) is 5.91 Å². The number of amides is 1. The largest absolute Gasteiger partial charge is 0.493 e. The summed E-state index contributed by atoms with van der Waals surface area (Å²) in [7, 11) is 3.00. The van der Waals surface area contributed by atoms with E-state index in [-0.39, 0.29) is 6.61 Å². The highest BCUT2D eigenvalue weighted by atomic mass is 35.5. The van der Waals surface area contributed by atoms with Crippen molar-refractivity contribution in [2.75, 3.05) is 20.8 Å². The van der Waals surface area contributed by atoms with Gasteiger partial charge in [-0.1, -0.05) is 11.6 Å². The number of rotatable bonds is 9. The van der Waals surface area contributed by atoms with E-state index >= 15 is 0 Å². The predicted octanol–water partition coefficient (Wildman–Crippen LogP) is 4.11. The number of methoxy groups -OCH3 is 2. The molecule has 0 saturated carbocycles. The van der Waals surface area contributed by atoms with Crippen molar-refractivity contribution < 1.29 is 28.5 Å². The normalized spacial score (nSPS) is 10.5. The van der Waals surface area contributed by atoms with E-state index in [1.54, 1.807) is 66.7 Å². The fourth-order valence-electron chi connectivity index (χ4n) is 2.64. The molecule has 0 atom stereocenters. The first-order valence-corrected chi connectivity index (χ1v) is 10.1. The van der Waals surface area contributed by atoms with E-state index in [1.165, 1.54) is 20.4 Å². The van der Waals surface area contributed by atoms with Crippen molar-refractivity contribution in [2.45, 2.75) is 0 Å². The molecular weight excluding hydrogens is 448 g/mol. The van der Waals surface area contributed by atoms with Crippen molar-refractivity contribution in [1.82, 2.24) is 5.43 Å². The van der Waals surface area contributed by atoms with E-state index in [2.05, 4.69) is 10.5 Å². The van der Waals surface area contributed by atoms with E-state index in [4.69, 9.17) is 30.5 Å². The van der Waals surface area contributed by atoms with Crippen LogP contribution in [0.5, 0.6) is 23.0 Å². The van der Waals surface area contributed by atoms with Gasteiger partial charge in [-0.15, -0.1) is 0 Å². The Kier molecular flexibility index (Phi) is 8.26. The Hall–Kier alpha value is -4.04. The van der Waals surface area contributed by atoms with Gasteiger partial charge in [0.2, 0.25) is 0 Å². The molecule has 0 bridgehead atoms. The zero-order chi connectivity index (χ0) is 23.6. The molecule has 0 aromatic heterocycles. The third-order valence-electron chi connectivity index (χ3n) is 4.30. The fourth-order valence-corrected chi connectivity index (χ4v) is 2.77. The second kappa shape index (κ2) is 11.5. The summed E-state index contributed by atoms with van der Waals surface area (Å²) >= 11 is 5.80. The number of benzene rings is 3. The van der Waals surface area contributed by atoms with Crippen LogP contribution in [0.2, 0.25) is 5.02 Å². The molecule has 0 radical (unpaired) electrons. The number of carbonyl (C=O) groups excluding carboxylic acids is 2. The Morgan fingerprint density at radius 3 is 2.24 bits per heavy atom. The smallest absolute Gasteiger partial charge is 0.343 e. The third kappa shape index (κ3) is 6.98. The molecule has 170 valence electrons. The highest BCUT2D eigenvalue weighted by Crippen LogP contribution is 2.28. The molecule has 0 spiro atoms. The Labute approximate surface area is 195 Å². The summed E-state index contributed by atoms with van der Waals surface area (Å²) < 4.78 is 21.1. The maximum atomic E-state index is 12.4. The second-order valence-electron chi connectivity index (χ2n) is 6.56. The lowest BCUT2D eigenvalue weighted by molar-refractivity contribution is -0.123. The Morgan fingerprint density at radius 2 is 1.58 bits per heavy atom. The third-order valence-corrected chi connectivity index (χ3v) is 4.55. The van der Waals surface area contributed by atoms with Crippen molar-refractivity contribution in [1.29, 1.82) is 0 Å². The minimum absolute atomic E-state index is 0.190. The van der Waals surface area contributed by atoms with Gasteiger partial charge >= 0.3 is 5.97 Å². The molecule has 33 heavy (non-hydrogen) atoms. The van der Waals surface area contributed by atoms with Crippen LogP contribution in [-0.4, -0.2) is 38.9 Å². The minimum atomic E-state index is -0.537. The van der Waals surface area contributed by atoms with Crippen molar-refractivity contribution in [3.05, 3.63) is 82.9 Å². The van der Waals surface area contributed by atoms with Gasteiger partial charge in [-0.05, 0) is 72.3 Å². The lowest BCUT2D eigenvalue weighted by atomic mass is 10.2. The van der Waals surface area contributed by atoms with Crippen molar-refractivity contribution in [2.24, 2.45) is 5.10 Å². The van der Waals surface area contributed by atoms with Crippen molar-refractivity contribution >= 4 is 29.7 Å². The average Bonchev–Trinajstić information content (AvgIpc) is 2.84. The summed E-state index contributed by atoms with van der Waals surface area (Å²) in [4.78, 5) is 24.2. The number of hydrogen-bond donors (Lipinski definition) is 1. The van der Waals surface area contributed by atoms with Crippen molar-refractivity contribution in [3.8, 4) is 23.0 Å². The van der Waals surface area contributed by atoms with Crippen LogP contribution in [0, 0.1) is 0 Å². The van der Waals surface area contributed by atoms with Crippen LogP contribution < -0.4 is 24.4 Å². The van der Waals surface area contributed by atoms with Gasteiger partial charge in [-0.2, -0.15) is 5.10 Å². The number of nitrogens with one attached hydrogen (secondary N) is 1. The summed E-state index contributed by atoms with van der Waals surface area (Å²) in [6.07, 6.45) is 1.46. The van der Waals surface area contributed by atoms with E-state index in [1.807, 2.05) is 0 Å². The SMILES string of the molecule is COc1ccc(C(=O)Oc2ccc(/C=N/NC(=O)COc3ccc(Cl)cc3)cc2)cc1OC. The summed E-state index contributed by atoms with van der Waals surface area (Å²) in [6.45, 7) is -0.190. The van der Waals surface area contributed by atoms with Crippen LogP contribution in [0.15, 0.2) is 71.8 Å². The van der Waals surface area contributed by atoms with Crippen molar-refractivity contribution in [3.63, 3.8) is 0 Å². The first-order chi connectivity index (χ1) is 16.0. The lowest BCUT2D eigenvalue weighted by Crippen LogP contribution is -2.24. The highest BCUT2D eigenvalue weighted by Gasteiger charge is 2.13. The van der Waals surface area contributed by atoms with Gasteiger partial charge in [-0.25, -0.2) is 10.2 Å². The zero-order valence-electron chi connectivity index (χ0n) is 17.9. The molecule has 9 heteroatoms. The van der Waals surface area contributed by atoms with E-state index < -0.39 is 11.9 Å². The number of nitrogens with zero attached hydrogens (tertiary/aromatic N) is 1. The van der Waals surface area contributed by atoms with Gasteiger partial charge in [0.05, 0.1) is 26.0 Å². The molecular formula is C24H21ClN2O6. The minimum Gasteiger partial charge on any atom is -0.493 e. The van der Waals surface area contributed by atoms with E-state index in [0.29, 0.717) is 39.1 Å². The molecule has 0 fully saturated rings. The van der Waals surface area contributed by atoms with Crippen LogP contribution in [0.1, 0.15) is 15.9 Å². The predicted molar refractivity (Wildman–Crippen MR) is 124 cm³/mol. The molecule has 1 amide bonds. The molecule has 1 N–H and O–H groups in total. The molecule has 0 unspecified atom stereocenters. The molecule has 3 rings (SSSR count). The zero-order valence-corrected chi connectivity index (χ0v) is 18.7. The van der Waals surface area contributed by atoms with Gasteiger partial charge < -0.3 is 18.9 Å². The van der Waals surface area contributed by atoms with Gasteiger partial charge in [-0.3, -0.25) is 4.79 Å². The molecule has 0 aliphatic heterocycles. The molecule has 8 nitrogen and oxygen atoms in total. The average molecular weight is 469 g/mol. The molecule has 3 aromatic carbocycles. The first kappa shape index (κ1) is 23.6. The number of hydrazone groups is 1. The number of ether oxygens (including phenoxy) is 4. The number of esters is 1. The van der Waals surface area contributed by atoms with Gasteiger partial charge in [0.1, 0.15) is 11.5 Å². The monoisotopic (exact) mass is 468 g/mol. The standard InChI is InChI=1S/C24H21ClN2O6/c1-30-21-12-5-17(13-22(21)31-2)24(29)33-20-8-3-16(4-9-20)14-26-27-23(28)15-32-19-10-6-18(25)7-11-19/h3-14H,15H2,1-2H3,(H,27,28)/b26-14+. The molecule has 0 heterocycles. The lowest BCUT2D eigenvalue weighted by Gasteiger charge is -2.09. The van der Waals surface area contributed by atoms with E-state index in [0.717, 1.165) is 0 Å². The van der Waals surface area contributed by atoms with Crippen LogP contribution >= 0.6 is 11.6 Å². The highest BCUT2D eigenvalue weighted by molar-refractivity contribution is 6.30. The number of hydrogen-bond acceptors (Lipinski definition) is 7. The maximum Gasteiger partial charge on any atom is 0.343 e. The molecule has 3 aromatic rings. The fraction of sp³-hybridized carbons (Fsp3) is 0.125. The Balaban J connectivity index is 1.49. The molecule has 0 aliphatic carbocycles. The van der Waals surface area contributed by atoms with Gasteiger partial charge in [0.15, 0.2) is 18.1 Å². The van der Waals surface area contributed by atoms with Crippen LogP contribution in [0.25, 0.3) is 0 Å². The summed E-state index contributed by atoms with van der Waals surface area (Å²) in [6, 6.07) is 18.0. The molecule has 0 saturated heterocycles. The Bertz CT molecular complexity index is 1130. The Morgan fingerprint density at radius 1 is 0.909 bits per heavy atom. The van der Waals surface area contributed by atoms with E-state index in [9.17, 15) is 9.59 Å². The molecule has 0 aliphatic rings. The quantitative estimate of drug-likeness (QED) is 0.220. The maximum absolute atomic E-state index is 12.4. The number of halogens is 1. The summed E-state index contributed by atoms with van der Waals surface area (Å²) in [5.41, 5.74) is 3.39. The first-order valence-electron chi connectivity index (χ1n) is 9.73. The summed E-state index contributed by atoms with van der Waals surface area (Å²) in [5.74, 6) is 0.872. The topological polar surface area (TPSA) is 95.5 Å². The number of carbonyl (C=O) groups is 2.